The summed E-state index contributed by atoms with van der Waals surface area (Å²) in [7, 11) is 0. The van der Waals surface area contributed by atoms with Gasteiger partial charge in [0.25, 0.3) is 0 Å². The van der Waals surface area contributed by atoms with Crippen molar-refractivity contribution in [2.24, 2.45) is 10.2 Å². The third-order valence-corrected chi connectivity index (χ3v) is 4.60. The van der Waals surface area contributed by atoms with Crippen molar-refractivity contribution >= 4 is 23.0 Å². The lowest BCUT2D eigenvalue weighted by Crippen LogP contribution is -2.16. The molecule has 0 aromatic heterocycles. The number of hydrogen-bond donors (Lipinski definition) is 1. The fourth-order valence-corrected chi connectivity index (χ4v) is 2.63. The van der Waals surface area contributed by atoms with Crippen LogP contribution in [0.5, 0.6) is 5.75 Å². The number of rotatable bonds is 2. The van der Waals surface area contributed by atoms with E-state index in [1.165, 1.54) is 0 Å². The molecule has 0 aliphatic rings. The second-order valence-corrected chi connectivity index (χ2v) is 8.93. The predicted molar refractivity (Wildman–Crippen MR) is 106 cm³/mol. The number of hydrogen-bond acceptors (Lipinski definition) is 3. The Balaban J connectivity index is 2.55. The lowest BCUT2D eigenvalue weighted by Gasteiger charge is -2.26. The summed E-state index contributed by atoms with van der Waals surface area (Å²) in [5.41, 5.74) is 3.88. The standard InChI is InChI=1S/C21H27ClN2O/c1-13-8-9-15(12-17(13)22)23-24-18-11-14(20(2,3)4)10-16(19(18)25)21(5,6)7/h8-12,25H,1-7H3. The molecule has 1 N–H and O–H groups in total. The first-order valence-electron chi connectivity index (χ1n) is 8.45. The molecule has 3 nitrogen and oxygen atoms in total. The van der Waals surface area contributed by atoms with Gasteiger partial charge in [-0.2, -0.15) is 5.11 Å². The monoisotopic (exact) mass is 358 g/mol. The van der Waals surface area contributed by atoms with Crippen LogP contribution >= 0.6 is 11.6 Å². The predicted octanol–water partition coefficient (Wildman–Crippen LogP) is 7.36. The van der Waals surface area contributed by atoms with Crippen molar-refractivity contribution in [3.8, 4) is 5.75 Å². The summed E-state index contributed by atoms with van der Waals surface area (Å²) in [5.74, 6) is 0.183. The van der Waals surface area contributed by atoms with Crippen molar-refractivity contribution in [1.29, 1.82) is 0 Å². The van der Waals surface area contributed by atoms with Crippen LogP contribution in [-0.2, 0) is 10.8 Å². The van der Waals surface area contributed by atoms with Crippen molar-refractivity contribution in [3.63, 3.8) is 0 Å². The van der Waals surface area contributed by atoms with E-state index < -0.39 is 0 Å². The van der Waals surface area contributed by atoms with Crippen LogP contribution in [0.1, 0.15) is 58.2 Å². The van der Waals surface area contributed by atoms with E-state index in [1.807, 2.05) is 25.1 Å². The molecule has 0 aliphatic carbocycles. The lowest BCUT2D eigenvalue weighted by molar-refractivity contribution is 0.446. The number of halogens is 1. The molecule has 2 rings (SSSR count). The maximum absolute atomic E-state index is 10.7. The van der Waals surface area contributed by atoms with Gasteiger partial charge in [0, 0.05) is 10.6 Å². The fraction of sp³-hybridized carbons (Fsp3) is 0.429. The van der Waals surface area contributed by atoms with E-state index in [2.05, 4.69) is 57.8 Å². The van der Waals surface area contributed by atoms with Crippen LogP contribution in [0.2, 0.25) is 5.02 Å². The van der Waals surface area contributed by atoms with Crippen molar-refractivity contribution in [1.82, 2.24) is 0 Å². The van der Waals surface area contributed by atoms with Crippen LogP contribution in [0, 0.1) is 6.92 Å². The number of benzene rings is 2. The minimum Gasteiger partial charge on any atom is -0.505 e. The molecule has 25 heavy (non-hydrogen) atoms. The summed E-state index contributed by atoms with van der Waals surface area (Å²) in [5, 5.41) is 19.9. The van der Waals surface area contributed by atoms with E-state index in [-0.39, 0.29) is 16.6 Å². The quantitative estimate of drug-likeness (QED) is 0.559. The van der Waals surface area contributed by atoms with Crippen LogP contribution in [0.4, 0.5) is 11.4 Å². The first-order valence-corrected chi connectivity index (χ1v) is 8.83. The van der Waals surface area contributed by atoms with Crippen LogP contribution in [-0.4, -0.2) is 5.11 Å². The molecular weight excluding hydrogens is 332 g/mol. The molecule has 0 bridgehead atoms. The molecule has 0 unspecified atom stereocenters. The van der Waals surface area contributed by atoms with Crippen LogP contribution in [0.3, 0.4) is 0 Å². The van der Waals surface area contributed by atoms with Gasteiger partial charge in [0.15, 0.2) is 0 Å². The Morgan fingerprint density at radius 3 is 2.04 bits per heavy atom. The van der Waals surface area contributed by atoms with Gasteiger partial charge >= 0.3 is 0 Å². The van der Waals surface area contributed by atoms with E-state index in [0.29, 0.717) is 16.4 Å². The Morgan fingerprint density at radius 1 is 0.880 bits per heavy atom. The van der Waals surface area contributed by atoms with Gasteiger partial charge in [0.2, 0.25) is 0 Å². The molecule has 4 heteroatoms. The number of phenolic OH excluding ortho intramolecular Hbond substituents is 1. The number of phenols is 1. The van der Waals surface area contributed by atoms with Crippen LogP contribution < -0.4 is 0 Å². The third kappa shape index (κ3) is 4.60. The van der Waals surface area contributed by atoms with Crippen molar-refractivity contribution in [2.45, 2.75) is 59.3 Å². The zero-order valence-electron chi connectivity index (χ0n) is 16.1. The Morgan fingerprint density at radius 2 is 1.52 bits per heavy atom. The molecule has 0 saturated heterocycles. The Hall–Kier alpha value is -1.87. The Bertz CT molecular complexity index is 812. The lowest BCUT2D eigenvalue weighted by atomic mass is 9.80. The maximum atomic E-state index is 10.7. The fourth-order valence-electron chi connectivity index (χ4n) is 2.46. The highest BCUT2D eigenvalue weighted by Gasteiger charge is 2.25. The summed E-state index contributed by atoms with van der Waals surface area (Å²) in [4.78, 5) is 0. The van der Waals surface area contributed by atoms with Gasteiger partial charge in [-0.3, -0.25) is 0 Å². The minimum atomic E-state index is -0.192. The molecule has 0 spiro atoms. The van der Waals surface area contributed by atoms with Crippen molar-refractivity contribution < 1.29 is 5.11 Å². The molecule has 0 heterocycles. The summed E-state index contributed by atoms with van der Waals surface area (Å²) >= 11 is 6.15. The molecule has 0 atom stereocenters. The molecular formula is C21H27ClN2O. The maximum Gasteiger partial charge on any atom is 0.146 e. The number of azo groups is 1. The molecule has 2 aromatic rings. The van der Waals surface area contributed by atoms with Gasteiger partial charge in [-0.15, -0.1) is 5.11 Å². The Kier molecular flexibility index (Phi) is 5.29. The summed E-state index contributed by atoms with van der Waals surface area (Å²) in [6.45, 7) is 14.6. The molecule has 134 valence electrons. The highest BCUT2D eigenvalue weighted by atomic mass is 35.5. The summed E-state index contributed by atoms with van der Waals surface area (Å²) in [6.07, 6.45) is 0. The molecule has 0 amide bonds. The summed E-state index contributed by atoms with van der Waals surface area (Å²) < 4.78 is 0. The van der Waals surface area contributed by atoms with E-state index in [1.54, 1.807) is 6.07 Å². The SMILES string of the molecule is Cc1ccc(N=Nc2cc(C(C)(C)C)cc(C(C)(C)C)c2O)cc1Cl. The molecule has 0 radical (unpaired) electrons. The highest BCUT2D eigenvalue weighted by molar-refractivity contribution is 6.31. The van der Waals surface area contributed by atoms with E-state index >= 15 is 0 Å². The molecule has 0 fully saturated rings. The van der Waals surface area contributed by atoms with Crippen molar-refractivity contribution in [2.75, 3.05) is 0 Å². The number of nitrogens with zero attached hydrogens (tertiary/aromatic N) is 2. The topological polar surface area (TPSA) is 45.0 Å². The van der Waals surface area contributed by atoms with Gasteiger partial charge in [0.1, 0.15) is 11.4 Å². The van der Waals surface area contributed by atoms with Gasteiger partial charge in [-0.1, -0.05) is 65.3 Å². The first-order chi connectivity index (χ1) is 11.4. The van der Waals surface area contributed by atoms with E-state index in [4.69, 9.17) is 11.6 Å². The molecule has 0 saturated carbocycles. The van der Waals surface area contributed by atoms with E-state index in [0.717, 1.165) is 16.7 Å². The average Bonchev–Trinajstić information content (AvgIpc) is 2.47. The molecule has 0 aliphatic heterocycles. The zero-order chi connectivity index (χ0) is 19.0. The smallest absolute Gasteiger partial charge is 0.146 e. The number of aryl methyl sites for hydroxylation is 1. The second-order valence-electron chi connectivity index (χ2n) is 8.53. The third-order valence-electron chi connectivity index (χ3n) is 4.19. The van der Waals surface area contributed by atoms with Gasteiger partial charge < -0.3 is 5.11 Å². The second kappa shape index (κ2) is 6.80. The van der Waals surface area contributed by atoms with Gasteiger partial charge in [0.05, 0.1) is 5.69 Å². The van der Waals surface area contributed by atoms with E-state index in [9.17, 15) is 5.11 Å². The van der Waals surface area contributed by atoms with Crippen LogP contribution in [0.25, 0.3) is 0 Å². The summed E-state index contributed by atoms with van der Waals surface area (Å²) in [6, 6.07) is 9.51. The normalized spacial score (nSPS) is 12.8. The van der Waals surface area contributed by atoms with Gasteiger partial charge in [-0.05, 0) is 47.1 Å². The van der Waals surface area contributed by atoms with Crippen LogP contribution in [0.15, 0.2) is 40.6 Å². The number of aromatic hydroxyl groups is 1. The zero-order valence-corrected chi connectivity index (χ0v) is 16.9. The Labute approximate surface area is 155 Å². The average molecular weight is 359 g/mol. The first kappa shape index (κ1) is 19.5. The van der Waals surface area contributed by atoms with Crippen molar-refractivity contribution in [3.05, 3.63) is 52.0 Å². The highest BCUT2D eigenvalue weighted by Crippen LogP contribution is 2.42. The minimum absolute atomic E-state index is 0.0505. The largest absolute Gasteiger partial charge is 0.505 e. The van der Waals surface area contributed by atoms with Gasteiger partial charge in [-0.25, -0.2) is 0 Å². The molecule has 2 aromatic carbocycles.